The zero-order valence-corrected chi connectivity index (χ0v) is 11.8. The number of nitrogens with zero attached hydrogens (tertiary/aromatic N) is 2. The van der Waals surface area contributed by atoms with Crippen LogP contribution in [0.2, 0.25) is 0 Å². The number of thiazole rings is 1. The Hall–Kier alpha value is -1.86. The van der Waals surface area contributed by atoms with E-state index in [1.807, 2.05) is 11.4 Å². The molecule has 0 aliphatic carbocycles. The maximum Gasteiger partial charge on any atom is 0.329 e. The van der Waals surface area contributed by atoms with Gasteiger partial charge in [0.25, 0.3) is 0 Å². The summed E-state index contributed by atoms with van der Waals surface area (Å²) in [5, 5.41) is 21.9. The minimum absolute atomic E-state index is 0.179. The lowest BCUT2D eigenvalue weighted by molar-refractivity contribution is -0.137. The number of thioether (sulfide) groups is 1. The van der Waals surface area contributed by atoms with Crippen molar-refractivity contribution in [2.75, 3.05) is 5.75 Å². The summed E-state index contributed by atoms with van der Waals surface area (Å²) < 4.78 is 0. The van der Waals surface area contributed by atoms with Crippen LogP contribution in [0, 0.1) is 0 Å². The van der Waals surface area contributed by atoms with Crippen molar-refractivity contribution in [1.29, 1.82) is 0 Å². The molecule has 0 spiro atoms. The molecule has 0 saturated heterocycles. The molecule has 1 aliphatic rings. The van der Waals surface area contributed by atoms with Crippen LogP contribution in [0.5, 0.6) is 5.75 Å². The summed E-state index contributed by atoms with van der Waals surface area (Å²) in [4.78, 5) is 19.5. The summed E-state index contributed by atoms with van der Waals surface area (Å²) in [5.74, 6) is -0.296. The van der Waals surface area contributed by atoms with Gasteiger partial charge in [0.05, 0.1) is 5.56 Å². The number of phenols is 1. The highest BCUT2D eigenvalue weighted by molar-refractivity contribution is 8.14. The average Bonchev–Trinajstić information content (AvgIpc) is 3.08. The van der Waals surface area contributed by atoms with Gasteiger partial charge in [-0.3, -0.25) is 4.99 Å². The first kappa shape index (κ1) is 13.1. The topological polar surface area (TPSA) is 82.8 Å². The van der Waals surface area contributed by atoms with Crippen LogP contribution in [-0.4, -0.2) is 38.0 Å². The Kier molecular flexibility index (Phi) is 3.45. The SMILES string of the molecule is O=C(O)C1CSC(c2csc(-c3ccccc3O)n2)=N1. The molecular weight excluding hydrogens is 296 g/mol. The van der Waals surface area contributed by atoms with E-state index in [0.29, 0.717) is 27.1 Å². The highest BCUT2D eigenvalue weighted by Crippen LogP contribution is 2.33. The van der Waals surface area contributed by atoms with Crippen molar-refractivity contribution in [3.8, 4) is 16.3 Å². The minimum Gasteiger partial charge on any atom is -0.507 e. The van der Waals surface area contributed by atoms with E-state index in [1.165, 1.54) is 23.1 Å². The van der Waals surface area contributed by atoms with Crippen LogP contribution < -0.4 is 0 Å². The van der Waals surface area contributed by atoms with Crippen LogP contribution in [0.3, 0.4) is 0 Å². The number of aromatic nitrogens is 1. The van der Waals surface area contributed by atoms with Gasteiger partial charge in [-0.2, -0.15) is 0 Å². The lowest BCUT2D eigenvalue weighted by Gasteiger charge is -1.99. The Bertz CT molecular complexity index is 696. The van der Waals surface area contributed by atoms with E-state index in [1.54, 1.807) is 18.2 Å². The lowest BCUT2D eigenvalue weighted by atomic mass is 10.2. The molecule has 102 valence electrons. The highest BCUT2D eigenvalue weighted by atomic mass is 32.2. The maximum atomic E-state index is 10.9. The second-order valence-corrected chi connectivity index (χ2v) is 6.02. The van der Waals surface area contributed by atoms with Gasteiger partial charge in [0.2, 0.25) is 0 Å². The van der Waals surface area contributed by atoms with Gasteiger partial charge < -0.3 is 10.2 Å². The molecule has 7 heteroatoms. The third-order valence-electron chi connectivity index (χ3n) is 2.79. The maximum absolute atomic E-state index is 10.9. The molecule has 1 aromatic carbocycles. The molecule has 2 heterocycles. The normalized spacial score (nSPS) is 18.0. The first-order chi connectivity index (χ1) is 9.65. The summed E-state index contributed by atoms with van der Waals surface area (Å²) in [6, 6.07) is 6.30. The van der Waals surface area contributed by atoms with Crippen molar-refractivity contribution in [2.24, 2.45) is 4.99 Å². The molecule has 0 radical (unpaired) electrons. The second-order valence-electron chi connectivity index (χ2n) is 4.15. The monoisotopic (exact) mass is 306 g/mol. The smallest absolute Gasteiger partial charge is 0.329 e. The van der Waals surface area contributed by atoms with Gasteiger partial charge in [0.1, 0.15) is 21.5 Å². The van der Waals surface area contributed by atoms with Gasteiger partial charge in [-0.25, -0.2) is 9.78 Å². The van der Waals surface area contributed by atoms with Gasteiger partial charge in [0, 0.05) is 11.1 Å². The van der Waals surface area contributed by atoms with E-state index >= 15 is 0 Å². The van der Waals surface area contributed by atoms with Gasteiger partial charge >= 0.3 is 5.97 Å². The molecule has 0 amide bonds. The number of aromatic hydroxyl groups is 1. The van der Waals surface area contributed by atoms with Crippen LogP contribution in [0.1, 0.15) is 5.69 Å². The van der Waals surface area contributed by atoms with Crippen molar-refractivity contribution < 1.29 is 15.0 Å². The number of aliphatic carboxylic acids is 1. The van der Waals surface area contributed by atoms with E-state index in [-0.39, 0.29) is 5.75 Å². The predicted molar refractivity (Wildman–Crippen MR) is 79.6 cm³/mol. The van der Waals surface area contributed by atoms with Gasteiger partial charge in [-0.1, -0.05) is 12.1 Å². The molecule has 0 bridgehead atoms. The van der Waals surface area contributed by atoms with Gasteiger partial charge in [0.15, 0.2) is 6.04 Å². The van der Waals surface area contributed by atoms with E-state index in [4.69, 9.17) is 5.11 Å². The number of carboxylic acid groups (broad SMARTS) is 1. The third kappa shape index (κ3) is 2.41. The third-order valence-corrected chi connectivity index (χ3v) is 4.74. The summed E-state index contributed by atoms with van der Waals surface area (Å²) in [5.41, 5.74) is 1.34. The van der Waals surface area contributed by atoms with Crippen molar-refractivity contribution in [3.63, 3.8) is 0 Å². The molecule has 20 heavy (non-hydrogen) atoms. The number of phenolic OH excluding ortho intramolecular Hbond substituents is 1. The van der Waals surface area contributed by atoms with Crippen molar-refractivity contribution in [2.45, 2.75) is 6.04 Å². The zero-order chi connectivity index (χ0) is 14.1. The fourth-order valence-electron chi connectivity index (χ4n) is 1.79. The molecule has 3 rings (SSSR count). The summed E-state index contributed by atoms with van der Waals surface area (Å²) in [6.07, 6.45) is 0. The van der Waals surface area contributed by atoms with Gasteiger partial charge in [-0.05, 0) is 12.1 Å². The molecule has 1 atom stereocenters. The fourth-order valence-corrected chi connectivity index (χ4v) is 3.69. The van der Waals surface area contributed by atoms with Crippen molar-refractivity contribution in [3.05, 3.63) is 35.3 Å². The number of hydrogen-bond acceptors (Lipinski definition) is 6. The van der Waals surface area contributed by atoms with Crippen LogP contribution in [0.15, 0.2) is 34.6 Å². The Labute approximate surface area is 123 Å². The summed E-state index contributed by atoms with van der Waals surface area (Å²) in [6.45, 7) is 0. The predicted octanol–water partition coefficient (Wildman–Crippen LogP) is 2.46. The minimum atomic E-state index is -0.913. The molecule has 1 aliphatic heterocycles. The fraction of sp³-hybridized carbons (Fsp3) is 0.154. The Morgan fingerprint density at radius 3 is 2.85 bits per heavy atom. The van der Waals surface area contributed by atoms with Crippen LogP contribution >= 0.6 is 23.1 Å². The molecule has 5 nitrogen and oxygen atoms in total. The number of aliphatic imine (C=N–C) groups is 1. The molecular formula is C13H10N2O3S2. The van der Waals surface area contributed by atoms with E-state index in [2.05, 4.69) is 9.98 Å². The van der Waals surface area contributed by atoms with Crippen LogP contribution in [-0.2, 0) is 4.79 Å². The molecule has 1 aromatic heterocycles. The number of para-hydroxylation sites is 1. The van der Waals surface area contributed by atoms with Crippen molar-refractivity contribution in [1.82, 2.24) is 4.98 Å². The Morgan fingerprint density at radius 1 is 1.35 bits per heavy atom. The lowest BCUT2D eigenvalue weighted by Crippen LogP contribution is -2.17. The van der Waals surface area contributed by atoms with Crippen molar-refractivity contribution >= 4 is 34.1 Å². The van der Waals surface area contributed by atoms with Gasteiger partial charge in [-0.15, -0.1) is 23.1 Å². The Morgan fingerprint density at radius 2 is 2.15 bits per heavy atom. The molecule has 2 aromatic rings. The molecule has 0 saturated carbocycles. The zero-order valence-electron chi connectivity index (χ0n) is 10.2. The van der Waals surface area contributed by atoms with E-state index in [9.17, 15) is 9.90 Å². The molecule has 0 fully saturated rings. The number of rotatable bonds is 3. The number of carbonyl (C=O) groups is 1. The first-order valence-electron chi connectivity index (χ1n) is 5.83. The number of hydrogen-bond donors (Lipinski definition) is 2. The first-order valence-corrected chi connectivity index (χ1v) is 7.69. The summed E-state index contributed by atoms with van der Waals surface area (Å²) >= 11 is 2.80. The average molecular weight is 306 g/mol. The Balaban J connectivity index is 1.90. The number of benzene rings is 1. The van der Waals surface area contributed by atoms with Crippen LogP contribution in [0.4, 0.5) is 0 Å². The summed E-state index contributed by atoms with van der Waals surface area (Å²) in [7, 11) is 0. The van der Waals surface area contributed by atoms with E-state index in [0.717, 1.165) is 0 Å². The molecule has 2 N–H and O–H groups in total. The highest BCUT2D eigenvalue weighted by Gasteiger charge is 2.26. The quantitative estimate of drug-likeness (QED) is 0.910. The van der Waals surface area contributed by atoms with E-state index < -0.39 is 12.0 Å². The standard InChI is InChI=1S/C13H10N2O3S2/c16-10-4-2-1-3-7(10)11-14-8(5-19-11)12-15-9(6-20-12)13(17)18/h1-5,9,16H,6H2,(H,17,18). The number of carboxylic acids is 1. The largest absolute Gasteiger partial charge is 0.507 e. The van der Waals surface area contributed by atoms with Crippen LogP contribution in [0.25, 0.3) is 10.6 Å². The second kappa shape index (κ2) is 5.26. The molecule has 1 unspecified atom stereocenters.